The zero-order valence-electron chi connectivity index (χ0n) is 19.5. The average Bonchev–Trinajstić information content (AvgIpc) is 3.32. The Bertz CT molecular complexity index is 622. The molecule has 0 aromatic heterocycles. The van der Waals surface area contributed by atoms with E-state index >= 15 is 0 Å². The van der Waals surface area contributed by atoms with Gasteiger partial charge in [0.25, 0.3) is 5.91 Å². The van der Waals surface area contributed by atoms with Crippen molar-refractivity contribution in [3.8, 4) is 0 Å². The summed E-state index contributed by atoms with van der Waals surface area (Å²) in [5.41, 5.74) is 0. The van der Waals surface area contributed by atoms with Crippen molar-refractivity contribution in [3.63, 3.8) is 0 Å². The van der Waals surface area contributed by atoms with Gasteiger partial charge in [-0.25, -0.2) is 4.79 Å². The van der Waals surface area contributed by atoms with E-state index in [-0.39, 0.29) is 12.3 Å². The van der Waals surface area contributed by atoms with Gasteiger partial charge in [-0.15, -0.1) is 0 Å². The first-order chi connectivity index (χ1) is 13.0. The molecular formula is C15H26N2O5. The lowest BCUT2D eigenvalue weighted by Gasteiger charge is -2.20. The van der Waals surface area contributed by atoms with Crippen LogP contribution in [0.4, 0.5) is 0 Å². The molecule has 0 unspecified atom stereocenters. The molecule has 0 aliphatic carbocycles. The molecule has 0 bridgehead atoms. The molecule has 2 amide bonds. The molecule has 0 saturated carbocycles. The van der Waals surface area contributed by atoms with Crippen LogP contribution in [0.3, 0.4) is 0 Å². The standard InChI is InChI=1S/C15H26N2O5/c1-8(2)5-6-16-13(18)10(7-9(3)4)17-14(19)11-12(22-11)15(20)21/h8-12H,5-7H2,1-4H3,(H,16,18)(H,17,19)(H,20,21)/t10-,11-,12-/m0/s1/i1D3,2D3,8D. The summed E-state index contributed by atoms with van der Waals surface area (Å²) in [6.45, 7) is -3.01. The maximum absolute atomic E-state index is 12.4. The van der Waals surface area contributed by atoms with Crippen LogP contribution >= 0.6 is 0 Å². The van der Waals surface area contributed by atoms with Crippen LogP contribution in [0, 0.1) is 11.8 Å². The number of epoxide rings is 1. The van der Waals surface area contributed by atoms with Gasteiger partial charge in [0.1, 0.15) is 6.04 Å². The van der Waals surface area contributed by atoms with Crippen LogP contribution in [-0.2, 0) is 19.1 Å². The Kier molecular flexibility index (Phi) is 3.77. The highest BCUT2D eigenvalue weighted by atomic mass is 16.6. The number of ether oxygens (including phenoxy) is 1. The number of carbonyl (C=O) groups is 3. The highest BCUT2D eigenvalue weighted by molar-refractivity contribution is 5.95. The lowest BCUT2D eigenvalue weighted by Crippen LogP contribution is -2.49. The highest BCUT2D eigenvalue weighted by Gasteiger charge is 2.51. The fourth-order valence-electron chi connectivity index (χ4n) is 1.89. The summed E-state index contributed by atoms with van der Waals surface area (Å²) in [7, 11) is 0. The first-order valence-electron chi connectivity index (χ1n) is 10.5. The summed E-state index contributed by atoms with van der Waals surface area (Å²) >= 11 is 0. The molecule has 0 aromatic carbocycles. The largest absolute Gasteiger partial charge is 0.479 e. The molecule has 0 radical (unpaired) electrons. The third-order valence-corrected chi connectivity index (χ3v) is 3.01. The number of aliphatic carboxylic acids is 1. The molecule has 0 spiro atoms. The molecule has 0 aromatic rings. The molecule has 1 aliphatic rings. The van der Waals surface area contributed by atoms with Gasteiger partial charge in [-0.1, -0.05) is 27.6 Å². The van der Waals surface area contributed by atoms with Crippen molar-refractivity contribution in [2.45, 2.75) is 58.6 Å². The van der Waals surface area contributed by atoms with Crippen LogP contribution in [0.15, 0.2) is 0 Å². The maximum Gasteiger partial charge on any atom is 0.336 e. The van der Waals surface area contributed by atoms with Crippen molar-refractivity contribution in [3.05, 3.63) is 0 Å². The van der Waals surface area contributed by atoms with Gasteiger partial charge >= 0.3 is 5.97 Å². The first-order valence-corrected chi connectivity index (χ1v) is 6.97. The van der Waals surface area contributed by atoms with E-state index in [9.17, 15) is 14.4 Å². The van der Waals surface area contributed by atoms with E-state index in [2.05, 4.69) is 10.6 Å². The lowest BCUT2D eigenvalue weighted by atomic mass is 10.0. The summed E-state index contributed by atoms with van der Waals surface area (Å²) in [6.07, 6.45) is -2.91. The van der Waals surface area contributed by atoms with Gasteiger partial charge in [0, 0.05) is 16.1 Å². The Morgan fingerprint density at radius 3 is 2.50 bits per heavy atom. The monoisotopic (exact) mass is 321 g/mol. The Balaban J connectivity index is 2.73. The van der Waals surface area contributed by atoms with Gasteiger partial charge in [0.2, 0.25) is 5.91 Å². The zero-order valence-corrected chi connectivity index (χ0v) is 12.5. The van der Waals surface area contributed by atoms with E-state index in [4.69, 9.17) is 19.4 Å². The number of nitrogens with one attached hydrogen (secondary N) is 2. The molecule has 1 heterocycles. The van der Waals surface area contributed by atoms with E-state index in [1.807, 2.05) is 0 Å². The number of rotatable bonds is 9. The molecule has 3 N–H and O–H groups in total. The van der Waals surface area contributed by atoms with Crippen LogP contribution in [0.1, 0.15) is 50.0 Å². The number of hydrogen-bond acceptors (Lipinski definition) is 4. The van der Waals surface area contributed by atoms with Crippen LogP contribution in [-0.4, -0.2) is 47.7 Å². The average molecular weight is 321 g/mol. The van der Waals surface area contributed by atoms with Crippen LogP contribution in [0.5, 0.6) is 0 Å². The SMILES string of the molecule is [2H]C([2H])([2H])C([2H])(CCNC(=O)[C@H](CC(C)C)NC(=O)[C@H]1O[C@@H]1C(=O)O)C([2H])([2H])[2H]. The predicted octanol–water partition coefficient (Wildman–Crippen LogP) is 0.532. The van der Waals surface area contributed by atoms with Gasteiger partial charge < -0.3 is 20.5 Å². The minimum atomic E-state index is -3.09. The first kappa shape index (κ1) is 10.2. The number of hydrogen-bond donors (Lipinski definition) is 3. The second-order valence-corrected chi connectivity index (χ2v) is 5.53. The van der Waals surface area contributed by atoms with Crippen molar-refractivity contribution in [1.82, 2.24) is 10.6 Å². The third kappa shape index (κ3) is 6.01. The summed E-state index contributed by atoms with van der Waals surface area (Å²) in [5.74, 6) is -5.55. The van der Waals surface area contributed by atoms with Crippen molar-refractivity contribution in [2.75, 3.05) is 6.54 Å². The van der Waals surface area contributed by atoms with E-state index in [0.29, 0.717) is 0 Å². The molecule has 3 atom stereocenters. The van der Waals surface area contributed by atoms with Gasteiger partial charge in [-0.3, -0.25) is 9.59 Å². The van der Waals surface area contributed by atoms with Crippen LogP contribution < -0.4 is 10.6 Å². The van der Waals surface area contributed by atoms with Gasteiger partial charge in [0.05, 0.1) is 0 Å². The Morgan fingerprint density at radius 1 is 1.32 bits per heavy atom. The molecular weight excluding hydrogens is 288 g/mol. The minimum absolute atomic E-state index is 0.0264. The predicted molar refractivity (Wildman–Crippen MR) is 80.1 cm³/mol. The van der Waals surface area contributed by atoms with Crippen molar-refractivity contribution >= 4 is 17.8 Å². The maximum atomic E-state index is 12.4. The Morgan fingerprint density at radius 2 is 2.00 bits per heavy atom. The van der Waals surface area contributed by atoms with E-state index in [1.54, 1.807) is 13.8 Å². The zero-order chi connectivity index (χ0) is 22.8. The summed E-state index contributed by atoms with van der Waals surface area (Å²) in [5, 5.41) is 13.5. The number of amides is 2. The third-order valence-electron chi connectivity index (χ3n) is 3.01. The van der Waals surface area contributed by atoms with Crippen LogP contribution in [0.2, 0.25) is 0 Å². The smallest absolute Gasteiger partial charge is 0.336 e. The number of carboxylic acid groups (broad SMARTS) is 1. The second-order valence-electron chi connectivity index (χ2n) is 5.53. The van der Waals surface area contributed by atoms with E-state index < -0.39 is 68.6 Å². The van der Waals surface area contributed by atoms with Gasteiger partial charge in [-0.05, 0) is 24.7 Å². The molecule has 7 heteroatoms. The van der Waals surface area contributed by atoms with Gasteiger partial charge in [0.15, 0.2) is 12.2 Å². The Hall–Kier alpha value is -1.63. The van der Waals surface area contributed by atoms with Crippen molar-refractivity contribution in [2.24, 2.45) is 11.8 Å². The van der Waals surface area contributed by atoms with Crippen molar-refractivity contribution in [1.29, 1.82) is 0 Å². The number of carbonyl (C=O) groups excluding carboxylic acids is 2. The van der Waals surface area contributed by atoms with Gasteiger partial charge in [-0.2, -0.15) is 0 Å². The molecule has 22 heavy (non-hydrogen) atoms. The quantitative estimate of drug-likeness (QED) is 0.537. The Labute approximate surface area is 140 Å². The molecule has 1 saturated heterocycles. The van der Waals surface area contributed by atoms with Crippen LogP contribution in [0.25, 0.3) is 0 Å². The molecule has 1 rings (SSSR count). The number of carboxylic acids is 1. The molecule has 7 nitrogen and oxygen atoms in total. The van der Waals surface area contributed by atoms with E-state index in [1.165, 1.54) is 0 Å². The summed E-state index contributed by atoms with van der Waals surface area (Å²) in [4.78, 5) is 35.3. The normalized spacial score (nSPS) is 27.9. The topological polar surface area (TPSA) is 108 Å². The summed E-state index contributed by atoms with van der Waals surface area (Å²) in [6, 6.07) is -1.05. The fraction of sp³-hybridized carbons (Fsp3) is 0.800. The van der Waals surface area contributed by atoms with Crippen molar-refractivity contribution < 1.29 is 33.8 Å². The van der Waals surface area contributed by atoms with E-state index in [0.717, 1.165) is 0 Å². The lowest BCUT2D eigenvalue weighted by molar-refractivity contribution is -0.138. The molecule has 126 valence electrons. The molecule has 1 fully saturated rings. The highest BCUT2D eigenvalue weighted by Crippen LogP contribution is 2.22. The fourth-order valence-corrected chi connectivity index (χ4v) is 1.89. The minimum Gasteiger partial charge on any atom is -0.479 e. The summed E-state index contributed by atoms with van der Waals surface area (Å²) < 4.78 is 56.8. The second kappa shape index (κ2) is 8.12. The molecule has 1 aliphatic heterocycles.